The van der Waals surface area contributed by atoms with Crippen molar-refractivity contribution >= 4 is 24.4 Å². The van der Waals surface area contributed by atoms with Gasteiger partial charge in [-0.1, -0.05) is 13.8 Å². The van der Waals surface area contributed by atoms with Gasteiger partial charge in [-0.2, -0.15) is 0 Å². The van der Waals surface area contributed by atoms with Crippen LogP contribution in [0.25, 0.3) is 0 Å². The molecule has 2 amide bonds. The van der Waals surface area contributed by atoms with E-state index in [0.29, 0.717) is 0 Å². The van der Waals surface area contributed by atoms with Crippen LogP contribution in [-0.2, 0) is 9.53 Å². The molecule has 1 aliphatic rings. The van der Waals surface area contributed by atoms with Crippen LogP contribution >= 0.6 is 12.4 Å². The molecule has 2 N–H and O–H groups in total. The second-order valence-electron chi connectivity index (χ2n) is 3.47. The number of rotatable bonds is 3. The zero-order valence-electron chi connectivity index (χ0n) is 8.23. The molecule has 1 atom stereocenters. The summed E-state index contributed by atoms with van der Waals surface area (Å²) < 4.78 is 4.54. The third-order valence-electron chi connectivity index (χ3n) is 2.09. The van der Waals surface area contributed by atoms with Crippen LogP contribution in [0.1, 0.15) is 13.8 Å². The van der Waals surface area contributed by atoms with Crippen LogP contribution in [0.4, 0.5) is 4.79 Å². The Morgan fingerprint density at radius 2 is 2.07 bits per heavy atom. The molecule has 14 heavy (non-hydrogen) atoms. The normalized spacial score (nSPS) is 18.1. The summed E-state index contributed by atoms with van der Waals surface area (Å²) in [5, 5.41) is 0. The Morgan fingerprint density at radius 3 is 2.43 bits per heavy atom. The largest absolute Gasteiger partial charge is 0.439 e. The Hall–Kier alpha value is -0.810. The molecule has 1 saturated heterocycles. The third-order valence-corrected chi connectivity index (χ3v) is 2.09. The van der Waals surface area contributed by atoms with Crippen LogP contribution in [-0.4, -0.2) is 36.1 Å². The highest BCUT2D eigenvalue weighted by atomic mass is 35.5. The van der Waals surface area contributed by atoms with Crippen LogP contribution in [0, 0.1) is 5.92 Å². The molecule has 0 aromatic heterocycles. The minimum Gasteiger partial charge on any atom is -0.439 e. The first kappa shape index (κ1) is 13.2. The number of nitrogens with zero attached hydrogens (tertiary/aromatic N) is 1. The number of hydrogen-bond acceptors (Lipinski definition) is 4. The molecule has 5 nitrogen and oxygen atoms in total. The number of nitrogens with two attached hydrogens (primary N) is 1. The van der Waals surface area contributed by atoms with Gasteiger partial charge >= 0.3 is 6.09 Å². The van der Waals surface area contributed by atoms with Gasteiger partial charge in [0.25, 0.3) is 5.91 Å². The second-order valence-corrected chi connectivity index (χ2v) is 3.47. The van der Waals surface area contributed by atoms with Crippen molar-refractivity contribution in [3.05, 3.63) is 0 Å². The minimum absolute atomic E-state index is 0. The van der Waals surface area contributed by atoms with Gasteiger partial charge in [0.05, 0.1) is 0 Å². The maximum absolute atomic E-state index is 11.1. The summed E-state index contributed by atoms with van der Waals surface area (Å²) in [5.41, 5.74) is 5.72. The van der Waals surface area contributed by atoms with Crippen molar-refractivity contribution in [1.82, 2.24) is 4.90 Å². The zero-order valence-corrected chi connectivity index (χ0v) is 9.04. The second kappa shape index (κ2) is 5.17. The van der Waals surface area contributed by atoms with Gasteiger partial charge in [-0.15, -0.1) is 12.4 Å². The number of imide groups is 1. The third kappa shape index (κ3) is 2.85. The van der Waals surface area contributed by atoms with E-state index in [1.54, 1.807) is 0 Å². The average Bonchev–Trinajstić information content (AvgIpc) is 2.35. The predicted octanol–water partition coefficient (Wildman–Crippen LogP) is 0.370. The number of hydrogen-bond donors (Lipinski definition) is 1. The number of halogens is 1. The van der Waals surface area contributed by atoms with Gasteiger partial charge in [-0.3, -0.25) is 4.79 Å². The molecule has 1 unspecified atom stereocenters. The van der Waals surface area contributed by atoms with Crippen LogP contribution in [0.15, 0.2) is 0 Å². The molecule has 1 aliphatic heterocycles. The van der Waals surface area contributed by atoms with Gasteiger partial charge in [-0.25, -0.2) is 9.69 Å². The van der Waals surface area contributed by atoms with E-state index in [4.69, 9.17) is 5.73 Å². The van der Waals surface area contributed by atoms with Gasteiger partial charge in [0.2, 0.25) is 0 Å². The molecule has 0 radical (unpaired) electrons. The summed E-state index contributed by atoms with van der Waals surface area (Å²) in [6.07, 6.45) is -0.582. The summed E-state index contributed by atoms with van der Waals surface area (Å²) in [7, 11) is 0. The van der Waals surface area contributed by atoms with E-state index in [0.717, 1.165) is 4.90 Å². The summed E-state index contributed by atoms with van der Waals surface area (Å²) in [5.74, 6) is -0.0673. The molecule has 0 saturated carbocycles. The molecule has 82 valence electrons. The summed E-state index contributed by atoms with van der Waals surface area (Å²) in [4.78, 5) is 23.1. The van der Waals surface area contributed by atoms with E-state index in [1.807, 2.05) is 13.8 Å². The number of cyclic esters (lactones) is 1. The quantitative estimate of drug-likeness (QED) is 0.749. The Labute approximate surface area is 89.0 Å². The summed E-state index contributed by atoms with van der Waals surface area (Å²) in [6.45, 7) is 3.98. The molecule has 0 aromatic rings. The smallest absolute Gasteiger partial charge is 0.417 e. The fourth-order valence-electron chi connectivity index (χ4n) is 0.979. The van der Waals surface area contributed by atoms with Crippen LogP contribution in [0.2, 0.25) is 0 Å². The average molecular weight is 223 g/mol. The lowest BCUT2D eigenvalue weighted by atomic mass is 10.1. The molecule has 0 aromatic carbocycles. The lowest BCUT2D eigenvalue weighted by molar-refractivity contribution is -0.126. The molecule has 1 rings (SSSR count). The highest BCUT2D eigenvalue weighted by Gasteiger charge is 2.32. The lowest BCUT2D eigenvalue weighted by Gasteiger charge is -2.19. The zero-order chi connectivity index (χ0) is 10.0. The van der Waals surface area contributed by atoms with E-state index in [-0.39, 0.29) is 43.4 Å². The van der Waals surface area contributed by atoms with Crippen LogP contribution < -0.4 is 5.73 Å². The van der Waals surface area contributed by atoms with Crippen LogP contribution in [0.5, 0.6) is 0 Å². The Morgan fingerprint density at radius 1 is 1.50 bits per heavy atom. The van der Waals surface area contributed by atoms with E-state index in [2.05, 4.69) is 4.74 Å². The van der Waals surface area contributed by atoms with Gasteiger partial charge in [0.15, 0.2) is 6.61 Å². The predicted molar refractivity (Wildman–Crippen MR) is 53.1 cm³/mol. The van der Waals surface area contributed by atoms with E-state index < -0.39 is 6.09 Å². The molecular formula is C8H15ClN2O3. The fraction of sp³-hybridized carbons (Fsp3) is 0.750. The number of carbonyl (C=O) groups is 2. The van der Waals surface area contributed by atoms with Crippen molar-refractivity contribution in [3.8, 4) is 0 Å². The summed E-state index contributed by atoms with van der Waals surface area (Å²) >= 11 is 0. The van der Waals surface area contributed by atoms with Gasteiger partial charge in [0, 0.05) is 12.6 Å². The van der Waals surface area contributed by atoms with Crippen molar-refractivity contribution in [3.63, 3.8) is 0 Å². The molecule has 0 spiro atoms. The molecule has 1 fully saturated rings. The lowest BCUT2D eigenvalue weighted by Crippen LogP contribution is -2.43. The first-order valence-corrected chi connectivity index (χ1v) is 4.25. The number of ether oxygens (including phenoxy) is 1. The van der Waals surface area contributed by atoms with Crippen molar-refractivity contribution < 1.29 is 14.3 Å². The molecule has 0 aliphatic carbocycles. The monoisotopic (exact) mass is 222 g/mol. The van der Waals surface area contributed by atoms with E-state index in [9.17, 15) is 9.59 Å². The molecule has 0 bridgehead atoms. The van der Waals surface area contributed by atoms with Gasteiger partial charge in [-0.05, 0) is 5.92 Å². The number of carbonyl (C=O) groups excluding carboxylic acids is 2. The highest BCUT2D eigenvalue weighted by Crippen LogP contribution is 2.08. The Balaban J connectivity index is 0.00000169. The minimum atomic E-state index is -0.582. The van der Waals surface area contributed by atoms with Gasteiger partial charge < -0.3 is 10.5 Å². The molecular weight excluding hydrogens is 208 g/mol. The van der Waals surface area contributed by atoms with Crippen LogP contribution in [0.3, 0.4) is 0 Å². The first-order valence-electron chi connectivity index (χ1n) is 4.25. The Kier molecular flexibility index (Phi) is 4.87. The fourth-order valence-corrected chi connectivity index (χ4v) is 0.979. The van der Waals surface area contributed by atoms with Crippen molar-refractivity contribution in [2.24, 2.45) is 11.7 Å². The standard InChI is InChI=1S/C8H14N2O3.ClH/c1-5(2)6(9)3-10-7(11)4-13-8(10)12;/h5-6H,3-4,9H2,1-2H3;1H. The van der Waals surface area contributed by atoms with E-state index in [1.165, 1.54) is 0 Å². The van der Waals surface area contributed by atoms with E-state index >= 15 is 0 Å². The number of amides is 2. The molecule has 6 heteroatoms. The molecule has 1 heterocycles. The maximum atomic E-state index is 11.1. The SMILES string of the molecule is CC(C)C(N)CN1C(=O)COC1=O.Cl. The van der Waals surface area contributed by atoms with Crippen molar-refractivity contribution in [2.45, 2.75) is 19.9 Å². The summed E-state index contributed by atoms with van der Waals surface area (Å²) in [6, 6.07) is -0.186. The van der Waals surface area contributed by atoms with Gasteiger partial charge in [0.1, 0.15) is 0 Å². The highest BCUT2D eigenvalue weighted by molar-refractivity contribution is 5.97. The first-order chi connectivity index (χ1) is 6.02. The van der Waals surface area contributed by atoms with Crippen molar-refractivity contribution in [1.29, 1.82) is 0 Å². The topological polar surface area (TPSA) is 72.6 Å². The maximum Gasteiger partial charge on any atom is 0.417 e. The van der Waals surface area contributed by atoms with Crippen molar-refractivity contribution in [2.75, 3.05) is 13.2 Å². The Bertz CT molecular complexity index is 217.